The Morgan fingerprint density at radius 1 is 1.10 bits per heavy atom. The zero-order valence-corrected chi connectivity index (χ0v) is 22.2. The number of halogens is 1. The minimum absolute atomic E-state index is 0.312. The van der Waals surface area contributed by atoms with E-state index in [0.29, 0.717) is 48.2 Å². The molecule has 8 nitrogen and oxygen atoms in total. The lowest BCUT2D eigenvalue weighted by molar-refractivity contribution is -0.139. The number of carbonyl (C=O) groups is 2. The van der Waals surface area contributed by atoms with Crippen LogP contribution in [-0.4, -0.2) is 28.2 Å². The normalized spacial score (nSPS) is 14.9. The summed E-state index contributed by atoms with van der Waals surface area (Å²) in [4.78, 5) is 43.3. The number of benzene rings is 3. The van der Waals surface area contributed by atoms with Gasteiger partial charge in [-0.15, -0.1) is 0 Å². The predicted molar refractivity (Wildman–Crippen MR) is 150 cm³/mol. The molecule has 1 aromatic heterocycles. The van der Waals surface area contributed by atoms with Crippen LogP contribution in [-0.2, 0) is 9.59 Å². The lowest BCUT2D eigenvalue weighted by Gasteiger charge is -2.25. The van der Waals surface area contributed by atoms with Crippen LogP contribution in [0.5, 0.6) is 5.75 Å². The second-order valence-electron chi connectivity index (χ2n) is 8.71. The van der Waals surface area contributed by atoms with Crippen LogP contribution >= 0.6 is 22.9 Å². The monoisotopic (exact) mass is 559 g/mol. The fraction of sp³-hybridized carbons (Fsp3) is 0.103. The Labute approximate surface area is 231 Å². The van der Waals surface area contributed by atoms with Gasteiger partial charge >= 0.3 is 5.97 Å². The average Bonchev–Trinajstić information content (AvgIpc) is 3.22. The van der Waals surface area contributed by atoms with Crippen LogP contribution in [0.4, 0.5) is 5.69 Å². The van der Waals surface area contributed by atoms with Crippen LogP contribution in [0.1, 0.15) is 24.1 Å². The van der Waals surface area contributed by atoms with Crippen molar-refractivity contribution in [1.82, 2.24) is 4.57 Å². The van der Waals surface area contributed by atoms with Gasteiger partial charge < -0.3 is 15.2 Å². The molecule has 0 bridgehead atoms. The van der Waals surface area contributed by atoms with Gasteiger partial charge in [0.2, 0.25) is 0 Å². The highest BCUT2D eigenvalue weighted by Gasteiger charge is 2.32. The van der Waals surface area contributed by atoms with Crippen molar-refractivity contribution in [3.63, 3.8) is 0 Å². The number of fused-ring (bicyclic) bond motifs is 1. The molecule has 3 aromatic carbocycles. The van der Waals surface area contributed by atoms with Gasteiger partial charge in [-0.3, -0.25) is 14.2 Å². The number of carboxylic acid groups (broad SMARTS) is 1. The molecular weight excluding hydrogens is 538 g/mol. The van der Waals surface area contributed by atoms with Crippen LogP contribution in [0.25, 0.3) is 6.08 Å². The number of anilines is 1. The molecule has 0 saturated carbocycles. The Bertz CT molecular complexity index is 1780. The van der Waals surface area contributed by atoms with Gasteiger partial charge in [0, 0.05) is 10.7 Å². The van der Waals surface area contributed by atoms with Gasteiger partial charge in [0.25, 0.3) is 11.5 Å². The number of hydrogen-bond acceptors (Lipinski definition) is 6. The zero-order valence-electron chi connectivity index (χ0n) is 20.6. The van der Waals surface area contributed by atoms with E-state index in [0.717, 1.165) is 0 Å². The number of amides is 1. The van der Waals surface area contributed by atoms with E-state index in [2.05, 4.69) is 10.3 Å². The standard InChI is InChI=1S/C29H22ClN3O5S/c1-17-25(27(36)32-21-7-3-2-4-8-21)26(19-10-12-20(30)13-11-19)33-28(37)23(39-29(33)31-17)15-18-6-5-9-22(14-18)38-16-24(34)35/h2-15,26H,16H2,1H3,(H,32,36)(H,34,35)/t26-/m1/s1. The number of thiazole rings is 1. The van der Waals surface area contributed by atoms with E-state index in [9.17, 15) is 14.4 Å². The van der Waals surface area contributed by atoms with E-state index < -0.39 is 18.6 Å². The number of carbonyl (C=O) groups excluding carboxylic acids is 1. The maximum atomic E-state index is 13.8. The first kappa shape index (κ1) is 26.1. The largest absolute Gasteiger partial charge is 0.482 e. The van der Waals surface area contributed by atoms with Crippen LogP contribution < -0.4 is 24.9 Å². The molecule has 0 saturated heterocycles. The van der Waals surface area contributed by atoms with Crippen LogP contribution in [0, 0.1) is 0 Å². The number of aromatic nitrogens is 1. The summed E-state index contributed by atoms with van der Waals surface area (Å²) in [5.74, 6) is -1.08. The number of nitrogens with zero attached hydrogens (tertiary/aromatic N) is 2. The SMILES string of the molecule is CC1=C(C(=O)Nc2ccccc2)[C@@H](c2ccc(Cl)cc2)n2c(sc(=Cc3cccc(OCC(=O)O)c3)c2=O)=N1. The van der Waals surface area contributed by atoms with E-state index in [1.165, 1.54) is 15.9 Å². The molecule has 4 aromatic rings. The lowest BCUT2D eigenvalue weighted by atomic mass is 9.95. The summed E-state index contributed by atoms with van der Waals surface area (Å²) >= 11 is 7.35. The number of aliphatic carboxylic acids is 1. The highest BCUT2D eigenvalue weighted by atomic mass is 35.5. The number of para-hydroxylation sites is 1. The van der Waals surface area contributed by atoms with E-state index in [1.807, 2.05) is 18.2 Å². The van der Waals surface area contributed by atoms with E-state index in [4.69, 9.17) is 21.4 Å². The first-order valence-corrected chi connectivity index (χ1v) is 13.1. The summed E-state index contributed by atoms with van der Waals surface area (Å²) in [7, 11) is 0. The van der Waals surface area contributed by atoms with E-state index in [1.54, 1.807) is 73.7 Å². The molecule has 2 heterocycles. The minimum Gasteiger partial charge on any atom is -0.482 e. The van der Waals surface area contributed by atoms with Gasteiger partial charge in [0.1, 0.15) is 5.75 Å². The Morgan fingerprint density at radius 3 is 2.56 bits per heavy atom. The fourth-order valence-corrected chi connectivity index (χ4v) is 5.46. The van der Waals surface area contributed by atoms with Crippen molar-refractivity contribution in [1.29, 1.82) is 0 Å². The second-order valence-corrected chi connectivity index (χ2v) is 10.2. The highest BCUT2D eigenvalue weighted by molar-refractivity contribution is 7.07. The van der Waals surface area contributed by atoms with Crippen molar-refractivity contribution < 1.29 is 19.4 Å². The second kappa shape index (κ2) is 11.1. The molecule has 1 aliphatic rings. The number of carboxylic acids is 1. The quantitative estimate of drug-likeness (QED) is 0.356. The number of rotatable bonds is 7. The zero-order chi connectivity index (χ0) is 27.5. The van der Waals surface area contributed by atoms with E-state index in [-0.39, 0.29) is 11.5 Å². The molecule has 0 fully saturated rings. The van der Waals surface area contributed by atoms with Gasteiger partial charge in [-0.1, -0.05) is 65.4 Å². The maximum absolute atomic E-state index is 13.8. The third kappa shape index (κ3) is 5.69. The molecular formula is C29H22ClN3O5S. The third-order valence-corrected chi connectivity index (χ3v) is 7.24. The van der Waals surface area contributed by atoms with Gasteiger partial charge in [-0.25, -0.2) is 9.79 Å². The molecule has 2 N–H and O–H groups in total. The summed E-state index contributed by atoms with van der Waals surface area (Å²) in [6.45, 7) is 1.28. The molecule has 1 atom stereocenters. The smallest absolute Gasteiger partial charge is 0.341 e. The van der Waals surface area contributed by atoms with Crippen molar-refractivity contribution in [3.8, 4) is 5.75 Å². The number of allylic oxidation sites excluding steroid dienone is 1. The van der Waals surface area contributed by atoms with Crippen LogP contribution in [0.15, 0.2) is 99.9 Å². The Morgan fingerprint density at radius 2 is 1.85 bits per heavy atom. The van der Waals surface area contributed by atoms with Crippen molar-refractivity contribution in [2.24, 2.45) is 4.99 Å². The number of ether oxygens (including phenoxy) is 1. The van der Waals surface area contributed by atoms with Gasteiger partial charge in [0.15, 0.2) is 11.4 Å². The van der Waals surface area contributed by atoms with Crippen molar-refractivity contribution in [2.45, 2.75) is 13.0 Å². The Balaban J connectivity index is 1.61. The summed E-state index contributed by atoms with van der Waals surface area (Å²) in [5, 5.41) is 12.3. The molecule has 39 heavy (non-hydrogen) atoms. The topological polar surface area (TPSA) is 110 Å². The fourth-order valence-electron chi connectivity index (χ4n) is 4.28. The summed E-state index contributed by atoms with van der Waals surface area (Å²) in [6, 6.07) is 22.2. The van der Waals surface area contributed by atoms with Gasteiger partial charge in [0.05, 0.1) is 21.8 Å². The Kier molecular flexibility index (Phi) is 7.44. The molecule has 1 aliphatic heterocycles. The van der Waals surface area contributed by atoms with Crippen molar-refractivity contribution >= 4 is 46.6 Å². The highest BCUT2D eigenvalue weighted by Crippen LogP contribution is 2.31. The average molecular weight is 560 g/mol. The maximum Gasteiger partial charge on any atom is 0.341 e. The van der Waals surface area contributed by atoms with Crippen molar-refractivity contribution in [2.75, 3.05) is 11.9 Å². The van der Waals surface area contributed by atoms with Crippen LogP contribution in [0.3, 0.4) is 0 Å². The molecule has 0 radical (unpaired) electrons. The van der Waals surface area contributed by atoms with Gasteiger partial charge in [-0.05, 0) is 60.5 Å². The molecule has 0 spiro atoms. The number of hydrogen-bond donors (Lipinski definition) is 2. The predicted octanol–water partition coefficient (Wildman–Crippen LogP) is 3.99. The molecule has 196 valence electrons. The van der Waals surface area contributed by atoms with Crippen LogP contribution in [0.2, 0.25) is 5.02 Å². The minimum atomic E-state index is -1.08. The Hall–Kier alpha value is -4.47. The van der Waals surface area contributed by atoms with Crippen molar-refractivity contribution in [3.05, 3.63) is 126 Å². The molecule has 0 unspecified atom stereocenters. The summed E-state index contributed by atoms with van der Waals surface area (Å²) in [5.41, 5.74) is 2.53. The first-order chi connectivity index (χ1) is 18.8. The summed E-state index contributed by atoms with van der Waals surface area (Å²) < 4.78 is 7.19. The van der Waals surface area contributed by atoms with Gasteiger partial charge in [-0.2, -0.15) is 0 Å². The molecule has 10 heteroatoms. The molecule has 0 aliphatic carbocycles. The summed E-state index contributed by atoms with van der Waals surface area (Å²) in [6.07, 6.45) is 1.69. The lowest BCUT2D eigenvalue weighted by Crippen LogP contribution is -2.40. The van der Waals surface area contributed by atoms with E-state index >= 15 is 0 Å². The third-order valence-electron chi connectivity index (χ3n) is 6.00. The first-order valence-electron chi connectivity index (χ1n) is 11.9. The molecule has 5 rings (SSSR count). The number of nitrogens with one attached hydrogen (secondary N) is 1. The molecule has 1 amide bonds.